The van der Waals surface area contributed by atoms with Gasteiger partial charge in [-0.1, -0.05) is 0 Å². The van der Waals surface area contributed by atoms with Crippen LogP contribution in [0.2, 0.25) is 0 Å². The van der Waals surface area contributed by atoms with Gasteiger partial charge in [0.2, 0.25) is 0 Å². The van der Waals surface area contributed by atoms with Crippen LogP contribution in [-0.2, 0) is 0 Å². The van der Waals surface area contributed by atoms with Crippen molar-refractivity contribution < 1.29 is 4.39 Å². The van der Waals surface area contributed by atoms with Gasteiger partial charge in [-0.3, -0.25) is 4.98 Å². The van der Waals surface area contributed by atoms with Gasteiger partial charge in [0.25, 0.3) is 5.78 Å². The molecule has 0 aliphatic heterocycles. The summed E-state index contributed by atoms with van der Waals surface area (Å²) in [5, 5.41) is 5.12. The summed E-state index contributed by atoms with van der Waals surface area (Å²) in [5.41, 5.74) is 2.41. The minimum Gasteiger partial charge on any atom is -0.256 e. The lowest BCUT2D eigenvalue weighted by Gasteiger charge is -2.03. The van der Waals surface area contributed by atoms with E-state index in [4.69, 9.17) is 0 Å². The molecule has 6 heteroatoms. The predicted octanol–water partition coefficient (Wildman–Crippen LogP) is 2.79. The first kappa shape index (κ1) is 11.9. The van der Waals surface area contributed by atoms with E-state index in [-0.39, 0.29) is 5.82 Å². The number of benzene rings is 1. The third kappa shape index (κ3) is 2.01. The number of hydrogen-bond donors (Lipinski definition) is 0. The second kappa shape index (κ2) is 4.31. The van der Waals surface area contributed by atoms with Gasteiger partial charge in [-0.2, -0.15) is 10.1 Å². The molecule has 0 fully saturated rings. The fourth-order valence-electron chi connectivity index (χ4n) is 2.29. The van der Waals surface area contributed by atoms with Gasteiger partial charge in [-0.25, -0.2) is 13.9 Å². The van der Waals surface area contributed by atoms with E-state index >= 15 is 0 Å². The van der Waals surface area contributed by atoms with Gasteiger partial charge < -0.3 is 0 Å². The van der Waals surface area contributed by atoms with Crippen molar-refractivity contribution in [2.45, 2.75) is 6.92 Å². The molecule has 0 aliphatic rings. The number of aromatic nitrogens is 5. The third-order valence-electron chi connectivity index (χ3n) is 3.28. The molecule has 21 heavy (non-hydrogen) atoms. The molecule has 0 aliphatic carbocycles. The van der Waals surface area contributed by atoms with Crippen LogP contribution in [-0.4, -0.2) is 24.6 Å². The molecule has 4 aromatic rings. The molecule has 0 saturated heterocycles. The maximum absolute atomic E-state index is 13.2. The summed E-state index contributed by atoms with van der Waals surface area (Å²) in [5.74, 6) is 0.947. The van der Waals surface area contributed by atoms with Crippen molar-refractivity contribution >= 4 is 16.7 Å². The highest BCUT2D eigenvalue weighted by molar-refractivity contribution is 5.83. The number of pyridine rings is 1. The lowest BCUT2D eigenvalue weighted by atomic mass is 10.1. The molecule has 0 N–H and O–H groups in total. The Hall–Kier alpha value is -2.89. The fraction of sp³-hybridized carbons (Fsp3) is 0.0667. The molecule has 0 radical (unpaired) electrons. The Labute approximate surface area is 119 Å². The van der Waals surface area contributed by atoms with E-state index in [1.165, 1.54) is 12.1 Å². The average Bonchev–Trinajstić information content (AvgIpc) is 2.85. The molecular formula is C15H10FN5. The molecule has 1 aromatic carbocycles. The Bertz CT molecular complexity index is 976. The van der Waals surface area contributed by atoms with Crippen LogP contribution in [0.4, 0.5) is 4.39 Å². The zero-order valence-corrected chi connectivity index (χ0v) is 11.2. The Kier molecular flexibility index (Phi) is 2.44. The number of halogens is 1. The minimum absolute atomic E-state index is 0.288. The molecule has 5 nitrogen and oxygen atoms in total. The van der Waals surface area contributed by atoms with Crippen molar-refractivity contribution in [1.29, 1.82) is 0 Å². The maximum Gasteiger partial charge on any atom is 0.252 e. The van der Waals surface area contributed by atoms with Crippen molar-refractivity contribution in [3.05, 3.63) is 54.5 Å². The summed E-state index contributed by atoms with van der Waals surface area (Å²) in [6, 6.07) is 6.51. The molecule has 0 atom stereocenters. The lowest BCUT2D eigenvalue weighted by molar-refractivity contribution is 0.629. The Morgan fingerprint density at radius 1 is 1.05 bits per heavy atom. The second-order valence-corrected chi connectivity index (χ2v) is 4.81. The largest absolute Gasteiger partial charge is 0.256 e. The number of hydrogen-bond acceptors (Lipinski definition) is 4. The van der Waals surface area contributed by atoms with Gasteiger partial charge in [-0.05, 0) is 25.1 Å². The molecule has 4 rings (SSSR count). The van der Waals surface area contributed by atoms with Gasteiger partial charge in [0.05, 0.1) is 5.52 Å². The standard InChI is InChI=1S/C15H10FN5/c1-9-19-15-18-7-12(8-21(15)20-9)11-4-10-2-3-13(16)5-14(10)17-6-11/h2-8H,1H3. The normalized spacial score (nSPS) is 11.3. The molecule has 102 valence electrons. The van der Waals surface area contributed by atoms with E-state index in [1.807, 2.05) is 19.2 Å². The van der Waals surface area contributed by atoms with Crippen LogP contribution < -0.4 is 0 Å². The summed E-state index contributed by atoms with van der Waals surface area (Å²) in [6.07, 6.45) is 5.29. The van der Waals surface area contributed by atoms with Crippen LogP contribution in [0.3, 0.4) is 0 Å². The van der Waals surface area contributed by atoms with E-state index < -0.39 is 0 Å². The van der Waals surface area contributed by atoms with Crippen LogP contribution in [0, 0.1) is 12.7 Å². The van der Waals surface area contributed by atoms with Gasteiger partial charge >= 0.3 is 0 Å². The second-order valence-electron chi connectivity index (χ2n) is 4.81. The van der Waals surface area contributed by atoms with Crippen molar-refractivity contribution in [2.75, 3.05) is 0 Å². The van der Waals surface area contributed by atoms with E-state index in [2.05, 4.69) is 20.1 Å². The van der Waals surface area contributed by atoms with Crippen LogP contribution in [0.25, 0.3) is 27.8 Å². The topological polar surface area (TPSA) is 56.0 Å². The quantitative estimate of drug-likeness (QED) is 0.537. The molecule has 3 aromatic heterocycles. The van der Waals surface area contributed by atoms with E-state index in [0.717, 1.165) is 16.5 Å². The average molecular weight is 279 g/mol. The van der Waals surface area contributed by atoms with E-state index in [0.29, 0.717) is 17.1 Å². The molecule has 3 heterocycles. The molecule has 0 bridgehead atoms. The van der Waals surface area contributed by atoms with Crippen LogP contribution >= 0.6 is 0 Å². The predicted molar refractivity (Wildman–Crippen MR) is 76.2 cm³/mol. The first-order valence-corrected chi connectivity index (χ1v) is 6.44. The number of aryl methyl sites for hydroxylation is 1. The molecule has 0 spiro atoms. The van der Waals surface area contributed by atoms with Gasteiger partial charge in [0.1, 0.15) is 11.6 Å². The number of fused-ring (bicyclic) bond motifs is 2. The van der Waals surface area contributed by atoms with E-state index in [9.17, 15) is 4.39 Å². The summed E-state index contributed by atoms with van der Waals surface area (Å²) < 4.78 is 14.8. The highest BCUT2D eigenvalue weighted by Crippen LogP contribution is 2.22. The lowest BCUT2D eigenvalue weighted by Crippen LogP contribution is -1.92. The number of nitrogens with zero attached hydrogens (tertiary/aromatic N) is 5. The monoisotopic (exact) mass is 279 g/mol. The van der Waals surface area contributed by atoms with Gasteiger partial charge in [0, 0.05) is 41.2 Å². The highest BCUT2D eigenvalue weighted by Gasteiger charge is 2.06. The van der Waals surface area contributed by atoms with E-state index in [1.54, 1.807) is 23.0 Å². The van der Waals surface area contributed by atoms with Gasteiger partial charge in [0.15, 0.2) is 0 Å². The van der Waals surface area contributed by atoms with Crippen molar-refractivity contribution in [1.82, 2.24) is 24.6 Å². The van der Waals surface area contributed by atoms with Crippen molar-refractivity contribution in [2.24, 2.45) is 0 Å². The van der Waals surface area contributed by atoms with Crippen molar-refractivity contribution in [3.63, 3.8) is 0 Å². The summed E-state index contributed by atoms with van der Waals surface area (Å²) in [7, 11) is 0. The Morgan fingerprint density at radius 2 is 1.90 bits per heavy atom. The maximum atomic E-state index is 13.2. The smallest absolute Gasteiger partial charge is 0.252 e. The number of rotatable bonds is 1. The SMILES string of the molecule is Cc1nc2ncc(-c3cnc4cc(F)ccc4c3)cn2n1. The third-order valence-corrected chi connectivity index (χ3v) is 3.28. The summed E-state index contributed by atoms with van der Waals surface area (Å²) in [4.78, 5) is 12.8. The first-order valence-electron chi connectivity index (χ1n) is 6.44. The minimum atomic E-state index is -0.288. The van der Waals surface area contributed by atoms with Crippen molar-refractivity contribution in [3.8, 4) is 11.1 Å². The fourth-order valence-corrected chi connectivity index (χ4v) is 2.29. The van der Waals surface area contributed by atoms with Gasteiger partial charge in [-0.15, -0.1) is 0 Å². The molecule has 0 amide bonds. The van der Waals surface area contributed by atoms with Crippen LogP contribution in [0.1, 0.15) is 5.82 Å². The Balaban J connectivity index is 1.88. The first-order chi connectivity index (χ1) is 10.2. The van der Waals surface area contributed by atoms with Crippen LogP contribution in [0.15, 0.2) is 42.9 Å². The molecular weight excluding hydrogens is 269 g/mol. The van der Waals surface area contributed by atoms with Crippen LogP contribution in [0.5, 0.6) is 0 Å². The zero-order valence-electron chi connectivity index (χ0n) is 11.2. The summed E-state index contributed by atoms with van der Waals surface area (Å²) in [6.45, 7) is 1.82. The zero-order chi connectivity index (χ0) is 14.4. The molecule has 0 unspecified atom stereocenters. The highest BCUT2D eigenvalue weighted by atomic mass is 19.1. The molecule has 0 saturated carbocycles. The summed E-state index contributed by atoms with van der Waals surface area (Å²) >= 11 is 0. The Morgan fingerprint density at radius 3 is 2.81 bits per heavy atom.